The first-order valence-corrected chi connectivity index (χ1v) is 22.6. The molecule has 66 heavy (non-hydrogen) atoms. The highest BCUT2D eigenvalue weighted by Crippen LogP contribution is 2.31. The second-order valence-electron chi connectivity index (χ2n) is 16.9. The van der Waals surface area contributed by atoms with Crippen molar-refractivity contribution in [3.8, 4) is 0 Å². The number of benzene rings is 4. The Bertz CT molecular complexity index is 1970. The second-order valence-corrected chi connectivity index (χ2v) is 16.9. The van der Waals surface area contributed by atoms with Crippen molar-refractivity contribution in [1.82, 2.24) is 10.2 Å². The average molecular weight is 921 g/mol. The maximum Gasteiger partial charge on any atom is 0.300 e. The lowest BCUT2D eigenvalue weighted by Gasteiger charge is -2.40. The maximum atomic E-state index is 12.7. The van der Waals surface area contributed by atoms with Crippen LogP contribution in [-0.2, 0) is 41.4 Å². The van der Waals surface area contributed by atoms with E-state index in [2.05, 4.69) is 29.6 Å². The van der Waals surface area contributed by atoms with Crippen LogP contribution in [0.15, 0.2) is 97.1 Å². The van der Waals surface area contributed by atoms with Gasteiger partial charge in [-0.2, -0.15) is 0 Å². The van der Waals surface area contributed by atoms with Gasteiger partial charge in [-0.15, -0.1) is 0 Å². The number of primary amides is 1. The quantitative estimate of drug-likeness (QED) is 0.0474. The Kier molecular flexibility index (Phi) is 21.3. The highest BCUT2D eigenvalue weighted by atomic mass is 16.7. The number of unbranched alkanes of at least 4 members (excludes halogenated alkanes) is 1. The van der Waals surface area contributed by atoms with E-state index in [4.69, 9.17) is 40.3 Å². The number of carboxylic acids is 1. The Hall–Kier alpha value is -4.44. The van der Waals surface area contributed by atoms with Crippen molar-refractivity contribution in [3.05, 3.63) is 119 Å². The van der Waals surface area contributed by atoms with Crippen molar-refractivity contribution >= 4 is 22.6 Å². The fourth-order valence-corrected chi connectivity index (χ4v) is 8.28. The van der Waals surface area contributed by atoms with Gasteiger partial charge in [-0.3, -0.25) is 14.5 Å². The summed E-state index contributed by atoms with van der Waals surface area (Å²) in [5.41, 5.74) is 15.3. The molecule has 2 saturated heterocycles. The highest BCUT2D eigenvalue weighted by Gasteiger charge is 2.42. The predicted molar refractivity (Wildman–Crippen MR) is 246 cm³/mol. The lowest BCUT2D eigenvalue weighted by molar-refractivity contribution is -0.285. The number of aliphatic hydroxyl groups is 6. The zero-order valence-electron chi connectivity index (χ0n) is 37.5. The average Bonchev–Trinajstić information content (AvgIpc) is 3.31. The third-order valence-corrected chi connectivity index (χ3v) is 11.7. The minimum Gasteiger partial charge on any atom is -0.481 e. The first-order chi connectivity index (χ1) is 31.8. The molecule has 7 unspecified atom stereocenters. The van der Waals surface area contributed by atoms with E-state index >= 15 is 0 Å². The SMILES string of the molecule is CC(=O)O.NCCCCc1ccc(CCC(NCCCN(CC(O)C(O)[C@@H]2OC(c3ccccc3)OC[C@H]2O)CC(O)C(O)[C@@H]2OC(c3ccccc3)OC[C@H]2O)C(N)=O)c2ccccc12. The number of hydrogen-bond donors (Lipinski definition) is 10. The smallest absolute Gasteiger partial charge is 0.300 e. The van der Waals surface area contributed by atoms with Crippen LogP contribution in [0.1, 0.15) is 67.4 Å². The fraction of sp³-hybridized carbons (Fsp3) is 0.510. The number of carboxylic acid groups (broad SMARTS) is 1. The van der Waals surface area contributed by atoms with Crippen LogP contribution in [0.2, 0.25) is 0 Å². The molecule has 0 spiro atoms. The number of carbonyl (C=O) groups excluding carboxylic acids is 1. The van der Waals surface area contributed by atoms with Crippen molar-refractivity contribution < 1.29 is 64.3 Å². The normalized spacial score (nSPS) is 23.3. The molecular formula is C49H68N4O13. The van der Waals surface area contributed by atoms with Gasteiger partial charge in [0, 0.05) is 31.1 Å². The van der Waals surface area contributed by atoms with Crippen LogP contribution < -0.4 is 16.8 Å². The predicted octanol–water partition coefficient (Wildman–Crippen LogP) is 1.67. The molecule has 0 radical (unpaired) electrons. The number of ether oxygens (including phenoxy) is 4. The van der Waals surface area contributed by atoms with Crippen molar-refractivity contribution in [1.29, 1.82) is 0 Å². The molecule has 2 aliphatic heterocycles. The molecule has 4 aromatic carbocycles. The molecule has 2 heterocycles. The number of nitrogens with two attached hydrogens (primary N) is 2. The van der Waals surface area contributed by atoms with Crippen LogP contribution >= 0.6 is 0 Å². The summed E-state index contributed by atoms with van der Waals surface area (Å²) in [5.74, 6) is -1.32. The van der Waals surface area contributed by atoms with Crippen molar-refractivity contribution in [2.75, 3.05) is 45.9 Å². The number of aliphatic hydroxyl groups excluding tert-OH is 6. The van der Waals surface area contributed by atoms with Crippen LogP contribution in [0.5, 0.6) is 0 Å². The molecule has 0 bridgehead atoms. The molecule has 1 amide bonds. The first kappa shape index (κ1) is 52.5. The Morgan fingerprint density at radius 2 is 1.15 bits per heavy atom. The standard InChI is InChI=1S/C47H64N4O11.C2H4O2/c48-23-10-9-12-30-19-20-31(35-18-8-7-17-34(30)35)21-22-36(45(49)58)50-24-11-25-51(26-37(52)41(56)43-39(54)28-59-46(61-43)32-13-3-1-4-14-32)27-38(53)42(57)44-40(55)29-60-47(62-44)33-15-5-2-6-16-33;1-2(3)4/h1-8,13-20,36-44,46-47,50,52-57H,9-12,21-29,48H2,(H2,49,58);1H3,(H,3,4)/t36?,37?,38?,39-,40-,41?,42?,43-,44-,46?,47?;/m1./s1. The number of nitrogens with one attached hydrogen (secondary N) is 1. The van der Waals surface area contributed by atoms with Gasteiger partial charge in [0.05, 0.1) is 31.5 Å². The molecule has 362 valence electrons. The van der Waals surface area contributed by atoms with Gasteiger partial charge in [0.2, 0.25) is 5.91 Å². The molecule has 2 aliphatic rings. The van der Waals surface area contributed by atoms with Gasteiger partial charge < -0.3 is 71.5 Å². The Labute approximate surface area is 385 Å². The zero-order valence-corrected chi connectivity index (χ0v) is 37.5. The molecule has 0 aliphatic carbocycles. The number of hydrogen-bond acceptors (Lipinski definition) is 15. The Morgan fingerprint density at radius 3 is 1.61 bits per heavy atom. The summed E-state index contributed by atoms with van der Waals surface area (Å²) < 4.78 is 23.2. The third kappa shape index (κ3) is 15.6. The number of rotatable bonds is 23. The lowest BCUT2D eigenvalue weighted by Crippen LogP contribution is -2.56. The monoisotopic (exact) mass is 920 g/mol. The molecule has 17 nitrogen and oxygen atoms in total. The van der Waals surface area contributed by atoms with Crippen LogP contribution in [-0.4, -0.2) is 153 Å². The fourth-order valence-electron chi connectivity index (χ4n) is 8.28. The van der Waals surface area contributed by atoms with E-state index in [1.807, 2.05) is 48.5 Å². The highest BCUT2D eigenvalue weighted by molar-refractivity contribution is 5.89. The molecule has 11 atom stereocenters. The largest absolute Gasteiger partial charge is 0.481 e. The van der Waals surface area contributed by atoms with Crippen LogP contribution in [0.4, 0.5) is 0 Å². The van der Waals surface area contributed by atoms with E-state index in [1.54, 1.807) is 29.2 Å². The van der Waals surface area contributed by atoms with Gasteiger partial charge in [-0.05, 0) is 80.1 Å². The van der Waals surface area contributed by atoms with Gasteiger partial charge in [0.1, 0.15) is 36.6 Å². The molecule has 2 fully saturated rings. The van der Waals surface area contributed by atoms with Crippen LogP contribution in [0.3, 0.4) is 0 Å². The Morgan fingerprint density at radius 1 is 0.697 bits per heavy atom. The van der Waals surface area contributed by atoms with E-state index in [9.17, 15) is 35.4 Å². The third-order valence-electron chi connectivity index (χ3n) is 11.7. The van der Waals surface area contributed by atoms with Crippen LogP contribution in [0, 0.1) is 0 Å². The van der Waals surface area contributed by atoms with E-state index < -0.39 is 79.3 Å². The van der Waals surface area contributed by atoms with E-state index in [1.165, 1.54) is 10.9 Å². The molecule has 0 aromatic heterocycles. The Balaban J connectivity index is 0.00000196. The minimum absolute atomic E-state index is 0.135. The summed E-state index contributed by atoms with van der Waals surface area (Å²) in [4.78, 5) is 23.3. The van der Waals surface area contributed by atoms with Crippen molar-refractivity contribution in [2.45, 2.75) is 113 Å². The van der Waals surface area contributed by atoms with E-state index in [0.717, 1.165) is 37.1 Å². The minimum atomic E-state index is -1.56. The lowest BCUT2D eigenvalue weighted by atomic mass is 9.93. The molecule has 6 rings (SSSR count). The van der Waals surface area contributed by atoms with Gasteiger partial charge in [-0.25, -0.2) is 0 Å². The van der Waals surface area contributed by atoms with E-state index in [0.29, 0.717) is 43.5 Å². The number of aryl methyl sites for hydroxylation is 2. The maximum absolute atomic E-state index is 12.7. The molecule has 4 aromatic rings. The van der Waals surface area contributed by atoms with Gasteiger partial charge >= 0.3 is 0 Å². The number of amides is 1. The second kappa shape index (κ2) is 26.8. The van der Waals surface area contributed by atoms with Crippen LogP contribution in [0.25, 0.3) is 10.8 Å². The summed E-state index contributed by atoms with van der Waals surface area (Å²) in [7, 11) is 0. The summed E-state index contributed by atoms with van der Waals surface area (Å²) in [6.45, 7) is 1.64. The molecule has 0 saturated carbocycles. The van der Waals surface area contributed by atoms with E-state index in [-0.39, 0.29) is 32.8 Å². The summed E-state index contributed by atoms with van der Waals surface area (Å²) >= 11 is 0. The number of fused-ring (bicyclic) bond motifs is 1. The first-order valence-electron chi connectivity index (χ1n) is 22.6. The van der Waals surface area contributed by atoms with Gasteiger partial charge in [0.25, 0.3) is 5.97 Å². The zero-order chi connectivity index (χ0) is 47.6. The summed E-state index contributed by atoms with van der Waals surface area (Å²) in [6.07, 6.45) is -8.33. The van der Waals surface area contributed by atoms with Crippen molar-refractivity contribution in [3.63, 3.8) is 0 Å². The van der Waals surface area contributed by atoms with Crippen molar-refractivity contribution in [2.24, 2.45) is 11.5 Å². The van der Waals surface area contributed by atoms with Gasteiger partial charge in [-0.1, -0.05) is 97.1 Å². The van der Waals surface area contributed by atoms with Gasteiger partial charge in [0.15, 0.2) is 12.6 Å². The topological polar surface area (TPSA) is 280 Å². The number of aliphatic carboxylic acids is 1. The summed E-state index contributed by atoms with van der Waals surface area (Å²) in [5, 5.41) is 80.1. The number of nitrogens with zero attached hydrogens (tertiary/aromatic N) is 1. The molecule has 17 heteroatoms. The summed E-state index contributed by atoms with van der Waals surface area (Å²) in [6, 6.07) is 30.0. The molecular weight excluding hydrogens is 853 g/mol. The number of carbonyl (C=O) groups is 2. The molecule has 12 N–H and O–H groups in total.